The van der Waals surface area contributed by atoms with Crippen LogP contribution in [0.4, 0.5) is 4.79 Å². The zero-order chi connectivity index (χ0) is 21.5. The maximum Gasteiger partial charge on any atom is 0.293 e. The lowest BCUT2D eigenvalue weighted by Gasteiger charge is -2.13. The number of rotatable bonds is 8. The molecule has 1 saturated heterocycles. The highest BCUT2D eigenvalue weighted by molar-refractivity contribution is 8.18. The van der Waals surface area contributed by atoms with E-state index in [2.05, 4.69) is 5.32 Å². The van der Waals surface area contributed by atoms with Crippen LogP contribution in [-0.4, -0.2) is 48.8 Å². The number of carbonyl (C=O) groups is 3. The second-order valence-corrected chi connectivity index (χ2v) is 7.63. The van der Waals surface area contributed by atoms with Gasteiger partial charge in [0.05, 0.1) is 12.0 Å². The van der Waals surface area contributed by atoms with Gasteiger partial charge in [-0.1, -0.05) is 29.8 Å². The number of imide groups is 1. The van der Waals surface area contributed by atoms with Crippen molar-refractivity contribution in [3.63, 3.8) is 0 Å². The lowest BCUT2D eigenvalue weighted by Crippen LogP contribution is -2.38. The predicted octanol–water partition coefficient (Wildman–Crippen LogP) is 3.58. The molecule has 1 aliphatic heterocycles. The second-order valence-electron chi connectivity index (χ2n) is 6.20. The molecule has 0 aliphatic carbocycles. The second kappa shape index (κ2) is 10.2. The molecule has 0 atom stereocenters. The van der Waals surface area contributed by atoms with E-state index in [0.29, 0.717) is 21.4 Å². The normalized spacial score (nSPS) is 14.9. The van der Waals surface area contributed by atoms with Crippen molar-refractivity contribution in [2.45, 2.75) is 0 Å². The van der Waals surface area contributed by atoms with Crippen molar-refractivity contribution in [3.8, 4) is 11.5 Å². The molecule has 3 rings (SSSR count). The standard InChI is InChI=1S/C21H19ClN2O5S/c1-28-16-7-5-14(6-8-16)11-18-20(26)24(21(27)30-18)10-9-23-19(25)13-29-17-4-2-3-15(22)12-17/h2-8,11-12H,9-10,13H2,1H3,(H,23,25)/b18-11-. The summed E-state index contributed by atoms with van der Waals surface area (Å²) in [6.07, 6.45) is 1.65. The molecule has 1 aliphatic rings. The third kappa shape index (κ3) is 5.77. The van der Waals surface area contributed by atoms with Crippen molar-refractivity contribution >= 4 is 46.5 Å². The van der Waals surface area contributed by atoms with Crippen LogP contribution in [-0.2, 0) is 9.59 Å². The van der Waals surface area contributed by atoms with Crippen LogP contribution in [0.2, 0.25) is 5.02 Å². The van der Waals surface area contributed by atoms with Crippen molar-refractivity contribution in [2.75, 3.05) is 26.8 Å². The van der Waals surface area contributed by atoms with Crippen molar-refractivity contribution in [1.82, 2.24) is 10.2 Å². The van der Waals surface area contributed by atoms with Gasteiger partial charge in [0.15, 0.2) is 6.61 Å². The van der Waals surface area contributed by atoms with Crippen LogP contribution in [0.3, 0.4) is 0 Å². The Morgan fingerprint density at radius 3 is 2.63 bits per heavy atom. The first-order chi connectivity index (χ1) is 14.5. The first kappa shape index (κ1) is 21.7. The van der Waals surface area contributed by atoms with Gasteiger partial charge in [-0.25, -0.2) is 0 Å². The number of methoxy groups -OCH3 is 1. The minimum absolute atomic E-state index is 0.0769. The van der Waals surface area contributed by atoms with Crippen LogP contribution in [0.1, 0.15) is 5.56 Å². The Kier molecular flexibility index (Phi) is 7.37. The van der Waals surface area contributed by atoms with Gasteiger partial charge >= 0.3 is 0 Å². The SMILES string of the molecule is COc1ccc(/C=C2\SC(=O)N(CCNC(=O)COc3cccc(Cl)c3)C2=O)cc1. The Morgan fingerprint density at radius 2 is 1.93 bits per heavy atom. The number of hydrogen-bond acceptors (Lipinski definition) is 6. The first-order valence-electron chi connectivity index (χ1n) is 9.01. The van der Waals surface area contributed by atoms with E-state index in [1.54, 1.807) is 61.7 Å². The van der Waals surface area contributed by atoms with E-state index < -0.39 is 0 Å². The number of hydrogen-bond donors (Lipinski definition) is 1. The highest BCUT2D eigenvalue weighted by Gasteiger charge is 2.34. The molecule has 2 aromatic rings. The highest BCUT2D eigenvalue weighted by Crippen LogP contribution is 2.32. The molecule has 1 N–H and O–H groups in total. The fourth-order valence-corrected chi connectivity index (χ4v) is 3.65. The average Bonchev–Trinajstić information content (AvgIpc) is 3.00. The summed E-state index contributed by atoms with van der Waals surface area (Å²) in [5.74, 6) is 0.434. The van der Waals surface area contributed by atoms with Crippen LogP contribution in [0, 0.1) is 0 Å². The Balaban J connectivity index is 1.48. The number of ether oxygens (including phenoxy) is 2. The van der Waals surface area contributed by atoms with E-state index in [1.807, 2.05) is 0 Å². The summed E-state index contributed by atoms with van der Waals surface area (Å²) in [6, 6.07) is 13.9. The van der Waals surface area contributed by atoms with Gasteiger partial charge in [0.25, 0.3) is 17.1 Å². The molecule has 156 valence electrons. The number of carbonyl (C=O) groups excluding carboxylic acids is 3. The zero-order valence-corrected chi connectivity index (χ0v) is 17.7. The van der Waals surface area contributed by atoms with Crippen molar-refractivity contribution in [1.29, 1.82) is 0 Å². The molecule has 1 fully saturated rings. The Labute approximate surface area is 183 Å². The molecular weight excluding hydrogens is 428 g/mol. The number of thioether (sulfide) groups is 1. The number of nitrogens with zero attached hydrogens (tertiary/aromatic N) is 1. The maximum atomic E-state index is 12.5. The number of benzene rings is 2. The molecule has 0 aromatic heterocycles. The number of amides is 3. The van der Waals surface area contributed by atoms with Crippen molar-refractivity contribution < 1.29 is 23.9 Å². The van der Waals surface area contributed by atoms with Crippen molar-refractivity contribution in [2.24, 2.45) is 0 Å². The van der Waals surface area contributed by atoms with Crippen LogP contribution < -0.4 is 14.8 Å². The molecule has 30 heavy (non-hydrogen) atoms. The lowest BCUT2D eigenvalue weighted by molar-refractivity contribution is -0.125. The molecule has 3 amide bonds. The summed E-state index contributed by atoms with van der Waals surface area (Å²) in [6.45, 7) is 0.0126. The molecule has 9 heteroatoms. The average molecular weight is 447 g/mol. The summed E-state index contributed by atoms with van der Waals surface area (Å²) in [7, 11) is 1.57. The smallest absolute Gasteiger partial charge is 0.293 e. The highest BCUT2D eigenvalue weighted by atomic mass is 35.5. The van der Waals surface area contributed by atoms with Crippen LogP contribution in [0.5, 0.6) is 11.5 Å². The molecule has 0 unspecified atom stereocenters. The monoisotopic (exact) mass is 446 g/mol. The van der Waals surface area contributed by atoms with E-state index in [-0.39, 0.29) is 36.7 Å². The number of halogens is 1. The zero-order valence-electron chi connectivity index (χ0n) is 16.1. The van der Waals surface area contributed by atoms with Gasteiger partial charge in [-0.15, -0.1) is 0 Å². The Hall–Kier alpha value is -2.97. The van der Waals surface area contributed by atoms with E-state index >= 15 is 0 Å². The molecule has 1 heterocycles. The summed E-state index contributed by atoms with van der Waals surface area (Å²) < 4.78 is 10.4. The van der Waals surface area contributed by atoms with Gasteiger partial charge in [-0.2, -0.15) is 0 Å². The number of nitrogens with one attached hydrogen (secondary N) is 1. The van der Waals surface area contributed by atoms with E-state index in [9.17, 15) is 14.4 Å². The van der Waals surface area contributed by atoms with Gasteiger partial charge in [-0.05, 0) is 53.7 Å². The summed E-state index contributed by atoms with van der Waals surface area (Å²) >= 11 is 6.73. The van der Waals surface area contributed by atoms with E-state index in [4.69, 9.17) is 21.1 Å². The molecule has 7 nitrogen and oxygen atoms in total. The van der Waals surface area contributed by atoms with Gasteiger partial charge in [0, 0.05) is 18.1 Å². The largest absolute Gasteiger partial charge is 0.497 e. The molecule has 0 bridgehead atoms. The third-order valence-corrected chi connectivity index (χ3v) is 5.25. The van der Waals surface area contributed by atoms with Crippen molar-refractivity contribution in [3.05, 3.63) is 64.0 Å². The summed E-state index contributed by atoms with van der Waals surface area (Å²) in [5.41, 5.74) is 0.785. The first-order valence-corrected chi connectivity index (χ1v) is 10.2. The summed E-state index contributed by atoms with van der Waals surface area (Å²) in [5, 5.41) is 2.77. The minimum atomic E-state index is -0.384. The Morgan fingerprint density at radius 1 is 1.17 bits per heavy atom. The van der Waals surface area contributed by atoms with Crippen LogP contribution >= 0.6 is 23.4 Å². The quantitative estimate of drug-likeness (QED) is 0.624. The van der Waals surface area contributed by atoms with Gasteiger partial charge in [0.1, 0.15) is 11.5 Å². The van der Waals surface area contributed by atoms with E-state index in [1.165, 1.54) is 0 Å². The molecule has 0 spiro atoms. The predicted molar refractivity (Wildman–Crippen MR) is 116 cm³/mol. The Bertz CT molecular complexity index is 978. The van der Waals surface area contributed by atoms with Crippen LogP contribution in [0.15, 0.2) is 53.4 Å². The van der Waals surface area contributed by atoms with Gasteiger partial charge < -0.3 is 14.8 Å². The molecule has 2 aromatic carbocycles. The topological polar surface area (TPSA) is 84.9 Å². The molecule has 0 radical (unpaired) electrons. The minimum Gasteiger partial charge on any atom is -0.497 e. The van der Waals surface area contributed by atoms with Crippen LogP contribution in [0.25, 0.3) is 6.08 Å². The lowest BCUT2D eigenvalue weighted by atomic mass is 10.2. The van der Waals surface area contributed by atoms with E-state index in [0.717, 1.165) is 22.2 Å². The molecule has 0 saturated carbocycles. The maximum absolute atomic E-state index is 12.5. The molecular formula is C21H19ClN2O5S. The fourth-order valence-electron chi connectivity index (χ4n) is 2.61. The van der Waals surface area contributed by atoms with Gasteiger partial charge in [-0.3, -0.25) is 19.3 Å². The third-order valence-electron chi connectivity index (χ3n) is 4.11. The van der Waals surface area contributed by atoms with Gasteiger partial charge in [0.2, 0.25) is 0 Å². The summed E-state index contributed by atoms with van der Waals surface area (Å²) in [4.78, 5) is 38.0. The fraction of sp³-hybridized carbons (Fsp3) is 0.190.